The molecule has 0 atom stereocenters. The van der Waals surface area contributed by atoms with Gasteiger partial charge in [-0.05, 0) is 17.7 Å². The molecular weight excluding hydrogens is 167 g/mol. The molecule has 2 nitrogen and oxygen atoms in total. The SMILES string of the molecule is FCC1CN(Cc2ccncc2)C1. The molecule has 0 N–H and O–H groups in total. The predicted octanol–water partition coefficient (Wildman–Crippen LogP) is 1.48. The number of aromatic nitrogens is 1. The zero-order valence-electron chi connectivity index (χ0n) is 7.49. The fraction of sp³-hybridized carbons (Fsp3) is 0.500. The van der Waals surface area contributed by atoms with E-state index in [9.17, 15) is 4.39 Å². The maximum absolute atomic E-state index is 12.1. The van der Waals surface area contributed by atoms with Gasteiger partial charge >= 0.3 is 0 Å². The second-order valence-corrected chi connectivity index (χ2v) is 3.57. The molecule has 1 aromatic rings. The topological polar surface area (TPSA) is 16.1 Å². The Morgan fingerprint density at radius 2 is 2.08 bits per heavy atom. The Bertz CT molecular complexity index is 257. The summed E-state index contributed by atoms with van der Waals surface area (Å²) < 4.78 is 12.1. The van der Waals surface area contributed by atoms with Gasteiger partial charge in [-0.2, -0.15) is 0 Å². The van der Waals surface area contributed by atoms with Crippen molar-refractivity contribution in [3.05, 3.63) is 30.1 Å². The lowest BCUT2D eigenvalue weighted by atomic mass is 10.0. The van der Waals surface area contributed by atoms with Crippen LogP contribution in [0.15, 0.2) is 24.5 Å². The monoisotopic (exact) mass is 180 g/mol. The highest BCUT2D eigenvalue weighted by Crippen LogP contribution is 2.18. The van der Waals surface area contributed by atoms with Crippen LogP contribution in [0.3, 0.4) is 0 Å². The van der Waals surface area contributed by atoms with Gasteiger partial charge in [-0.25, -0.2) is 0 Å². The van der Waals surface area contributed by atoms with E-state index in [1.807, 2.05) is 12.1 Å². The van der Waals surface area contributed by atoms with Gasteiger partial charge in [0.2, 0.25) is 0 Å². The molecule has 1 fully saturated rings. The summed E-state index contributed by atoms with van der Waals surface area (Å²) >= 11 is 0. The highest BCUT2D eigenvalue weighted by molar-refractivity contribution is 5.10. The van der Waals surface area contributed by atoms with Crippen LogP contribution in [-0.2, 0) is 6.54 Å². The van der Waals surface area contributed by atoms with E-state index in [0.717, 1.165) is 19.6 Å². The fourth-order valence-electron chi connectivity index (χ4n) is 1.65. The Morgan fingerprint density at radius 1 is 1.38 bits per heavy atom. The van der Waals surface area contributed by atoms with E-state index in [4.69, 9.17) is 0 Å². The molecule has 1 aromatic heterocycles. The summed E-state index contributed by atoms with van der Waals surface area (Å²) in [6.07, 6.45) is 3.59. The van der Waals surface area contributed by atoms with E-state index < -0.39 is 0 Å². The molecule has 1 saturated heterocycles. The third-order valence-electron chi connectivity index (χ3n) is 2.41. The summed E-state index contributed by atoms with van der Waals surface area (Å²) in [6, 6.07) is 4.01. The first kappa shape index (κ1) is 8.63. The largest absolute Gasteiger partial charge is 0.298 e. The van der Waals surface area contributed by atoms with Crippen molar-refractivity contribution in [2.45, 2.75) is 6.54 Å². The van der Waals surface area contributed by atoms with Crippen LogP contribution in [0.25, 0.3) is 0 Å². The van der Waals surface area contributed by atoms with Crippen LogP contribution in [0.2, 0.25) is 0 Å². The number of halogens is 1. The van der Waals surface area contributed by atoms with E-state index in [0.29, 0.717) is 0 Å². The average molecular weight is 180 g/mol. The minimum absolute atomic E-state index is 0.174. The van der Waals surface area contributed by atoms with E-state index in [1.54, 1.807) is 12.4 Å². The quantitative estimate of drug-likeness (QED) is 0.700. The van der Waals surface area contributed by atoms with Gasteiger partial charge in [0, 0.05) is 37.9 Å². The van der Waals surface area contributed by atoms with Crippen molar-refractivity contribution in [1.82, 2.24) is 9.88 Å². The molecule has 0 amide bonds. The van der Waals surface area contributed by atoms with Crippen molar-refractivity contribution in [1.29, 1.82) is 0 Å². The maximum Gasteiger partial charge on any atom is 0.0947 e. The number of hydrogen-bond acceptors (Lipinski definition) is 2. The zero-order valence-corrected chi connectivity index (χ0v) is 7.49. The molecule has 70 valence electrons. The molecule has 1 aliphatic heterocycles. The van der Waals surface area contributed by atoms with Crippen LogP contribution < -0.4 is 0 Å². The number of alkyl halides is 1. The molecule has 0 aromatic carbocycles. The number of rotatable bonds is 3. The maximum atomic E-state index is 12.1. The van der Waals surface area contributed by atoms with Crippen molar-refractivity contribution >= 4 is 0 Å². The Balaban J connectivity index is 1.81. The Morgan fingerprint density at radius 3 is 2.69 bits per heavy atom. The van der Waals surface area contributed by atoms with Crippen LogP contribution in [0.4, 0.5) is 4.39 Å². The molecule has 0 unspecified atom stereocenters. The zero-order chi connectivity index (χ0) is 9.10. The fourth-order valence-corrected chi connectivity index (χ4v) is 1.65. The minimum atomic E-state index is -0.174. The number of likely N-dealkylation sites (tertiary alicyclic amines) is 1. The Kier molecular flexibility index (Phi) is 2.54. The van der Waals surface area contributed by atoms with Crippen molar-refractivity contribution in [3.63, 3.8) is 0 Å². The molecule has 0 saturated carbocycles. The summed E-state index contributed by atoms with van der Waals surface area (Å²) in [5, 5.41) is 0. The summed E-state index contributed by atoms with van der Waals surface area (Å²) in [7, 11) is 0. The van der Waals surface area contributed by atoms with Gasteiger partial charge in [0.1, 0.15) is 0 Å². The minimum Gasteiger partial charge on any atom is -0.298 e. The van der Waals surface area contributed by atoms with Crippen LogP contribution in [0.5, 0.6) is 0 Å². The van der Waals surface area contributed by atoms with Gasteiger partial charge in [0.15, 0.2) is 0 Å². The van der Waals surface area contributed by atoms with Gasteiger partial charge in [-0.15, -0.1) is 0 Å². The molecule has 2 heterocycles. The van der Waals surface area contributed by atoms with Gasteiger partial charge in [0.25, 0.3) is 0 Å². The van der Waals surface area contributed by atoms with Gasteiger partial charge in [0.05, 0.1) is 6.67 Å². The van der Waals surface area contributed by atoms with E-state index >= 15 is 0 Å². The van der Waals surface area contributed by atoms with Crippen molar-refractivity contribution in [2.75, 3.05) is 19.8 Å². The average Bonchev–Trinajstić information content (AvgIpc) is 2.12. The van der Waals surface area contributed by atoms with E-state index in [-0.39, 0.29) is 12.6 Å². The third kappa shape index (κ3) is 2.04. The summed E-state index contributed by atoms with van der Waals surface area (Å²) in [5.74, 6) is 0.279. The molecule has 2 rings (SSSR count). The van der Waals surface area contributed by atoms with Crippen molar-refractivity contribution in [3.8, 4) is 0 Å². The van der Waals surface area contributed by atoms with E-state index in [1.165, 1.54) is 5.56 Å². The Labute approximate surface area is 77.4 Å². The van der Waals surface area contributed by atoms with Crippen molar-refractivity contribution in [2.24, 2.45) is 5.92 Å². The summed E-state index contributed by atoms with van der Waals surface area (Å²) in [5.41, 5.74) is 1.26. The lowest BCUT2D eigenvalue weighted by Gasteiger charge is -2.37. The second-order valence-electron chi connectivity index (χ2n) is 3.57. The number of nitrogens with zero attached hydrogens (tertiary/aromatic N) is 2. The first-order valence-electron chi connectivity index (χ1n) is 4.55. The number of hydrogen-bond donors (Lipinski definition) is 0. The van der Waals surface area contributed by atoms with Gasteiger partial charge in [-0.1, -0.05) is 0 Å². The molecule has 1 aliphatic rings. The molecule has 0 bridgehead atoms. The van der Waals surface area contributed by atoms with Crippen LogP contribution in [0.1, 0.15) is 5.56 Å². The molecular formula is C10H13FN2. The lowest BCUT2D eigenvalue weighted by molar-refractivity contribution is 0.0738. The molecule has 13 heavy (non-hydrogen) atoms. The molecule has 0 spiro atoms. The summed E-state index contributed by atoms with van der Waals surface area (Å²) in [4.78, 5) is 6.20. The first-order valence-corrected chi connectivity index (χ1v) is 4.55. The number of pyridine rings is 1. The Hall–Kier alpha value is -0.960. The standard InChI is InChI=1S/C10H13FN2/c11-5-10-7-13(8-10)6-9-1-3-12-4-2-9/h1-4,10H,5-8H2. The van der Waals surface area contributed by atoms with Crippen LogP contribution >= 0.6 is 0 Å². The van der Waals surface area contributed by atoms with Gasteiger partial charge in [-0.3, -0.25) is 14.3 Å². The lowest BCUT2D eigenvalue weighted by Crippen LogP contribution is -2.46. The normalized spacial score (nSPS) is 18.5. The first-order chi connectivity index (χ1) is 6.38. The van der Waals surface area contributed by atoms with Gasteiger partial charge < -0.3 is 0 Å². The highest BCUT2D eigenvalue weighted by atomic mass is 19.1. The van der Waals surface area contributed by atoms with E-state index in [2.05, 4.69) is 9.88 Å². The second kappa shape index (κ2) is 3.83. The van der Waals surface area contributed by atoms with Crippen LogP contribution in [-0.4, -0.2) is 29.6 Å². The third-order valence-corrected chi connectivity index (χ3v) is 2.41. The smallest absolute Gasteiger partial charge is 0.0947 e. The van der Waals surface area contributed by atoms with Crippen LogP contribution in [0, 0.1) is 5.92 Å². The highest BCUT2D eigenvalue weighted by Gasteiger charge is 2.25. The summed E-state index contributed by atoms with van der Waals surface area (Å²) in [6.45, 7) is 2.56. The predicted molar refractivity (Wildman–Crippen MR) is 49.0 cm³/mol. The molecule has 3 heteroatoms. The van der Waals surface area contributed by atoms with Crippen molar-refractivity contribution < 1.29 is 4.39 Å². The molecule has 0 aliphatic carbocycles. The molecule has 0 radical (unpaired) electrons.